The highest BCUT2D eigenvalue weighted by Crippen LogP contribution is 2.27. The number of rotatable bonds is 2. The summed E-state index contributed by atoms with van der Waals surface area (Å²) in [7, 11) is 0. The van der Waals surface area contributed by atoms with Gasteiger partial charge in [-0.1, -0.05) is 0 Å². The normalized spacial score (nSPS) is 25.9. The van der Waals surface area contributed by atoms with Gasteiger partial charge in [-0.05, 0) is 28.8 Å². The third-order valence-corrected chi connectivity index (χ3v) is 3.10. The topological polar surface area (TPSA) is 35.2 Å². The molecule has 2 nitrogen and oxygen atoms in total. The smallest absolute Gasteiger partial charge is 0.0513 e. The van der Waals surface area contributed by atoms with E-state index in [2.05, 4.69) is 16.8 Å². The van der Waals surface area contributed by atoms with Crippen LogP contribution >= 0.6 is 11.3 Å². The molecule has 0 bridgehead atoms. The number of ether oxygens (including phenoxy) is 1. The predicted molar refractivity (Wildman–Crippen MR) is 50.2 cm³/mol. The summed E-state index contributed by atoms with van der Waals surface area (Å²) in [5.74, 6) is 0.527. The summed E-state index contributed by atoms with van der Waals surface area (Å²) in [6.07, 6.45) is 1.11. The molecule has 0 radical (unpaired) electrons. The van der Waals surface area contributed by atoms with Crippen molar-refractivity contribution in [3.8, 4) is 0 Å². The molecule has 12 heavy (non-hydrogen) atoms. The molecule has 2 heterocycles. The van der Waals surface area contributed by atoms with Crippen LogP contribution in [-0.2, 0) is 4.74 Å². The molecule has 1 aromatic rings. The van der Waals surface area contributed by atoms with Gasteiger partial charge in [-0.15, -0.1) is 0 Å². The lowest BCUT2D eigenvalue weighted by molar-refractivity contribution is 0.181. The molecule has 1 aromatic heterocycles. The van der Waals surface area contributed by atoms with Gasteiger partial charge >= 0.3 is 0 Å². The summed E-state index contributed by atoms with van der Waals surface area (Å²) >= 11 is 1.71. The fourth-order valence-corrected chi connectivity index (χ4v) is 2.28. The largest absolute Gasteiger partial charge is 0.381 e. The van der Waals surface area contributed by atoms with Crippen LogP contribution in [0.15, 0.2) is 16.8 Å². The molecule has 2 N–H and O–H groups in total. The Hall–Kier alpha value is -0.380. The molecule has 0 aromatic carbocycles. The van der Waals surface area contributed by atoms with Gasteiger partial charge in [0.05, 0.1) is 6.61 Å². The van der Waals surface area contributed by atoms with Crippen molar-refractivity contribution in [1.82, 2.24) is 0 Å². The van der Waals surface area contributed by atoms with Gasteiger partial charge in [-0.3, -0.25) is 0 Å². The summed E-state index contributed by atoms with van der Waals surface area (Å²) in [6.45, 7) is 1.71. The molecule has 1 aliphatic rings. The van der Waals surface area contributed by atoms with E-state index in [-0.39, 0.29) is 6.04 Å². The van der Waals surface area contributed by atoms with Crippen LogP contribution in [-0.4, -0.2) is 13.2 Å². The third-order valence-electron chi connectivity index (χ3n) is 2.40. The van der Waals surface area contributed by atoms with Crippen LogP contribution in [0.3, 0.4) is 0 Å². The third kappa shape index (κ3) is 1.53. The molecule has 2 atom stereocenters. The molecule has 2 rings (SSSR count). The first-order valence-corrected chi connectivity index (χ1v) is 5.17. The van der Waals surface area contributed by atoms with E-state index in [9.17, 15) is 0 Å². The summed E-state index contributed by atoms with van der Waals surface area (Å²) in [5, 5.41) is 4.20. The number of hydrogen-bond acceptors (Lipinski definition) is 3. The maximum Gasteiger partial charge on any atom is 0.0513 e. The molecule has 1 fully saturated rings. The minimum atomic E-state index is 0.179. The van der Waals surface area contributed by atoms with E-state index in [1.807, 2.05) is 0 Å². The van der Waals surface area contributed by atoms with Crippen LogP contribution < -0.4 is 5.73 Å². The molecule has 0 amide bonds. The lowest BCUT2D eigenvalue weighted by Crippen LogP contribution is -2.20. The predicted octanol–water partition coefficient (Wildman–Crippen LogP) is 1.78. The first-order chi connectivity index (χ1) is 5.88. The Bertz CT molecular complexity index is 229. The molecule has 0 spiro atoms. The van der Waals surface area contributed by atoms with Gasteiger partial charge in [0.25, 0.3) is 0 Å². The molecule has 0 aliphatic carbocycles. The van der Waals surface area contributed by atoms with E-state index in [0.717, 1.165) is 19.6 Å². The van der Waals surface area contributed by atoms with E-state index >= 15 is 0 Å². The van der Waals surface area contributed by atoms with Crippen LogP contribution in [0.1, 0.15) is 18.0 Å². The van der Waals surface area contributed by atoms with Crippen LogP contribution in [0.25, 0.3) is 0 Å². The van der Waals surface area contributed by atoms with Crippen LogP contribution in [0.4, 0.5) is 0 Å². The van der Waals surface area contributed by atoms with Crippen molar-refractivity contribution in [3.63, 3.8) is 0 Å². The summed E-state index contributed by atoms with van der Waals surface area (Å²) < 4.78 is 5.30. The maximum absolute atomic E-state index is 6.07. The molecule has 2 unspecified atom stereocenters. The zero-order chi connectivity index (χ0) is 8.39. The Morgan fingerprint density at radius 3 is 3.17 bits per heavy atom. The average molecular weight is 183 g/mol. The van der Waals surface area contributed by atoms with Crippen molar-refractivity contribution >= 4 is 11.3 Å². The Morgan fingerprint density at radius 2 is 2.58 bits per heavy atom. The van der Waals surface area contributed by atoms with Crippen molar-refractivity contribution in [2.24, 2.45) is 11.7 Å². The molecule has 1 aliphatic heterocycles. The second-order valence-corrected chi connectivity index (χ2v) is 3.99. The Morgan fingerprint density at radius 1 is 1.67 bits per heavy atom. The second kappa shape index (κ2) is 3.56. The highest BCUT2D eigenvalue weighted by atomic mass is 32.1. The second-order valence-electron chi connectivity index (χ2n) is 3.21. The van der Waals surface area contributed by atoms with E-state index in [1.54, 1.807) is 11.3 Å². The molecular formula is C9H13NOS. The summed E-state index contributed by atoms with van der Waals surface area (Å²) in [5.41, 5.74) is 7.33. The number of hydrogen-bond donors (Lipinski definition) is 1. The Labute approximate surface area is 76.3 Å². The van der Waals surface area contributed by atoms with Crippen molar-refractivity contribution in [2.75, 3.05) is 13.2 Å². The van der Waals surface area contributed by atoms with Gasteiger partial charge < -0.3 is 10.5 Å². The van der Waals surface area contributed by atoms with E-state index < -0.39 is 0 Å². The zero-order valence-electron chi connectivity index (χ0n) is 6.90. The fraction of sp³-hybridized carbons (Fsp3) is 0.556. The lowest BCUT2D eigenvalue weighted by Gasteiger charge is -2.15. The van der Waals surface area contributed by atoms with E-state index in [0.29, 0.717) is 5.92 Å². The van der Waals surface area contributed by atoms with Gasteiger partial charge in [0.1, 0.15) is 0 Å². The van der Waals surface area contributed by atoms with E-state index in [4.69, 9.17) is 10.5 Å². The van der Waals surface area contributed by atoms with Crippen LogP contribution in [0.2, 0.25) is 0 Å². The monoisotopic (exact) mass is 183 g/mol. The lowest BCUT2D eigenvalue weighted by atomic mass is 9.95. The first-order valence-electron chi connectivity index (χ1n) is 4.23. The van der Waals surface area contributed by atoms with Gasteiger partial charge in [0.2, 0.25) is 0 Å². The molecule has 0 saturated carbocycles. The number of nitrogens with two attached hydrogens (primary N) is 1. The van der Waals surface area contributed by atoms with E-state index in [1.165, 1.54) is 5.56 Å². The van der Waals surface area contributed by atoms with Gasteiger partial charge in [0.15, 0.2) is 0 Å². The van der Waals surface area contributed by atoms with Gasteiger partial charge in [-0.2, -0.15) is 11.3 Å². The zero-order valence-corrected chi connectivity index (χ0v) is 7.72. The average Bonchev–Trinajstić information content (AvgIpc) is 2.77. The van der Waals surface area contributed by atoms with Gasteiger partial charge in [-0.25, -0.2) is 0 Å². The van der Waals surface area contributed by atoms with Crippen molar-refractivity contribution in [3.05, 3.63) is 22.4 Å². The minimum absolute atomic E-state index is 0.179. The molecule has 66 valence electrons. The van der Waals surface area contributed by atoms with Crippen molar-refractivity contribution in [1.29, 1.82) is 0 Å². The maximum atomic E-state index is 6.07. The number of thiophene rings is 1. The van der Waals surface area contributed by atoms with Crippen LogP contribution in [0.5, 0.6) is 0 Å². The fourth-order valence-electron chi connectivity index (χ4n) is 1.57. The van der Waals surface area contributed by atoms with Crippen molar-refractivity contribution in [2.45, 2.75) is 12.5 Å². The molecular weight excluding hydrogens is 170 g/mol. The first kappa shape index (κ1) is 8.23. The minimum Gasteiger partial charge on any atom is -0.381 e. The molecule has 1 saturated heterocycles. The molecule has 3 heteroatoms. The van der Waals surface area contributed by atoms with Gasteiger partial charge in [0, 0.05) is 18.6 Å². The standard InChI is InChI=1S/C9H13NOS/c10-9(7-1-3-11-5-7)8-2-4-12-6-8/h2,4,6-7,9H,1,3,5,10H2. The van der Waals surface area contributed by atoms with Crippen molar-refractivity contribution < 1.29 is 4.74 Å². The highest BCUT2D eigenvalue weighted by Gasteiger charge is 2.23. The van der Waals surface area contributed by atoms with Crippen LogP contribution in [0, 0.1) is 5.92 Å². The summed E-state index contributed by atoms with van der Waals surface area (Å²) in [6, 6.07) is 2.28. The highest BCUT2D eigenvalue weighted by molar-refractivity contribution is 7.07. The summed E-state index contributed by atoms with van der Waals surface area (Å²) in [4.78, 5) is 0. The quantitative estimate of drug-likeness (QED) is 0.758. The Balaban J connectivity index is 2.04. The Kier molecular flexibility index (Phi) is 2.44. The SMILES string of the molecule is NC(c1ccsc1)C1CCOC1.